The molecule has 1 rings (SSSR count). The Labute approximate surface area is 95.7 Å². The number of halogens is 4. The number of likely N-dealkylation sites (N-methyl/N-ethyl adjacent to an activating group) is 1. The van der Waals surface area contributed by atoms with Crippen LogP contribution in [-0.2, 0) is 10.1 Å². The third-order valence-electron chi connectivity index (χ3n) is 1.38. The van der Waals surface area contributed by atoms with Crippen molar-refractivity contribution in [2.24, 2.45) is 0 Å². The third kappa shape index (κ3) is 5.38. The minimum Gasteiger partial charge on any atom is -0.361 e. The lowest BCUT2D eigenvalue weighted by atomic mass is 10.4. The van der Waals surface area contributed by atoms with Gasteiger partial charge in [0.1, 0.15) is 5.50 Å². The summed E-state index contributed by atoms with van der Waals surface area (Å²) in [6.45, 7) is 0. The molecule has 0 aliphatic carbocycles. The van der Waals surface area contributed by atoms with E-state index in [4.69, 9.17) is 24.6 Å². The molecular formula is C7H9ClF3NO3S. The summed E-state index contributed by atoms with van der Waals surface area (Å²) in [7, 11) is -3.90. The first kappa shape index (κ1) is 15.3. The van der Waals surface area contributed by atoms with E-state index < -0.39 is 15.6 Å². The fourth-order valence-corrected chi connectivity index (χ4v) is 0.708. The van der Waals surface area contributed by atoms with Gasteiger partial charge in [0.2, 0.25) is 0 Å². The third-order valence-corrected chi connectivity index (χ3v) is 2.42. The van der Waals surface area contributed by atoms with Gasteiger partial charge >= 0.3 is 15.6 Å². The number of alkyl halides is 4. The standard InChI is InChI=1S/C6H8ClN.CHF3O3S/c1-8-5-3-2-4-6(8)7;2-1(3,4)8(5,6)7/h2-6H,1H3;(H,5,6,7). The molecule has 1 unspecified atom stereocenters. The summed E-state index contributed by atoms with van der Waals surface area (Å²) < 4.78 is 57.5. The average Bonchev–Trinajstić information content (AvgIpc) is 2.08. The molecule has 1 N–H and O–H groups in total. The maximum Gasteiger partial charge on any atom is 0.522 e. The maximum atomic E-state index is 10.7. The van der Waals surface area contributed by atoms with E-state index in [0.29, 0.717) is 0 Å². The Kier molecular flexibility index (Phi) is 5.30. The van der Waals surface area contributed by atoms with Gasteiger partial charge in [-0.2, -0.15) is 21.6 Å². The summed E-state index contributed by atoms with van der Waals surface area (Å²) in [5.74, 6) is 0. The molecule has 0 aromatic carbocycles. The summed E-state index contributed by atoms with van der Waals surface area (Å²) >= 11 is 5.75. The molecule has 0 bridgehead atoms. The largest absolute Gasteiger partial charge is 0.522 e. The predicted octanol–water partition coefficient (Wildman–Crippen LogP) is 1.96. The first-order valence-corrected chi connectivity index (χ1v) is 5.68. The highest BCUT2D eigenvalue weighted by Gasteiger charge is 2.44. The van der Waals surface area contributed by atoms with Crippen LogP contribution in [0.25, 0.3) is 0 Å². The van der Waals surface area contributed by atoms with Crippen molar-refractivity contribution in [1.82, 2.24) is 4.90 Å². The molecule has 0 fully saturated rings. The zero-order valence-corrected chi connectivity index (χ0v) is 9.59. The van der Waals surface area contributed by atoms with Crippen molar-refractivity contribution in [3.05, 3.63) is 24.4 Å². The van der Waals surface area contributed by atoms with Gasteiger partial charge < -0.3 is 4.90 Å². The van der Waals surface area contributed by atoms with E-state index >= 15 is 0 Å². The Balaban J connectivity index is 0.000000281. The van der Waals surface area contributed by atoms with E-state index in [2.05, 4.69) is 0 Å². The number of hydrogen-bond acceptors (Lipinski definition) is 3. The SMILES string of the molecule is CN1C=CC=CC1Cl.O=S(=O)(O)C(F)(F)F. The fraction of sp³-hybridized carbons (Fsp3) is 0.429. The summed E-state index contributed by atoms with van der Waals surface area (Å²) in [4.78, 5) is 1.93. The molecule has 0 aromatic rings. The van der Waals surface area contributed by atoms with Gasteiger partial charge in [0.15, 0.2) is 0 Å². The Morgan fingerprint density at radius 1 is 1.38 bits per heavy atom. The summed E-state index contributed by atoms with van der Waals surface area (Å²) in [5, 5.41) is 0. The Morgan fingerprint density at radius 3 is 2.00 bits per heavy atom. The van der Waals surface area contributed by atoms with Crippen molar-refractivity contribution >= 4 is 21.7 Å². The minimum absolute atomic E-state index is 0.0417. The van der Waals surface area contributed by atoms with Crippen molar-refractivity contribution in [3.8, 4) is 0 Å². The van der Waals surface area contributed by atoms with Crippen molar-refractivity contribution in [3.63, 3.8) is 0 Å². The van der Waals surface area contributed by atoms with Crippen LogP contribution in [0.1, 0.15) is 0 Å². The second-order valence-electron chi connectivity index (χ2n) is 2.69. The van der Waals surface area contributed by atoms with Crippen LogP contribution >= 0.6 is 11.6 Å². The maximum absolute atomic E-state index is 10.7. The molecule has 9 heteroatoms. The molecule has 1 atom stereocenters. The number of nitrogens with zero attached hydrogens (tertiary/aromatic N) is 1. The Bertz CT molecular complexity index is 361. The first-order chi connectivity index (χ1) is 7.05. The second kappa shape index (κ2) is 5.55. The first-order valence-electron chi connectivity index (χ1n) is 3.80. The molecule has 0 saturated heterocycles. The van der Waals surface area contributed by atoms with Crippen LogP contribution in [0, 0.1) is 0 Å². The van der Waals surface area contributed by atoms with E-state index in [1.165, 1.54) is 0 Å². The molecule has 4 nitrogen and oxygen atoms in total. The van der Waals surface area contributed by atoms with Gasteiger partial charge in [-0.05, 0) is 12.2 Å². The molecule has 1 aliphatic rings. The molecular weight excluding hydrogens is 271 g/mol. The zero-order chi connectivity index (χ0) is 13.0. The highest BCUT2D eigenvalue weighted by molar-refractivity contribution is 7.86. The predicted molar refractivity (Wildman–Crippen MR) is 53.3 cm³/mol. The molecule has 0 aromatic heterocycles. The molecule has 16 heavy (non-hydrogen) atoms. The minimum atomic E-state index is -5.84. The van der Waals surface area contributed by atoms with Gasteiger partial charge in [-0.15, -0.1) is 0 Å². The van der Waals surface area contributed by atoms with Crippen LogP contribution < -0.4 is 0 Å². The highest BCUT2D eigenvalue weighted by Crippen LogP contribution is 2.20. The van der Waals surface area contributed by atoms with Crippen LogP contribution in [0.5, 0.6) is 0 Å². The molecule has 1 aliphatic heterocycles. The van der Waals surface area contributed by atoms with Gasteiger partial charge in [-0.25, -0.2) is 0 Å². The van der Waals surface area contributed by atoms with E-state index in [0.717, 1.165) is 0 Å². The van der Waals surface area contributed by atoms with Crippen LogP contribution in [0.3, 0.4) is 0 Å². The zero-order valence-electron chi connectivity index (χ0n) is 8.02. The molecule has 0 saturated carbocycles. The van der Waals surface area contributed by atoms with Crippen LogP contribution in [-0.4, -0.2) is 35.9 Å². The number of hydrogen-bond donors (Lipinski definition) is 1. The van der Waals surface area contributed by atoms with Gasteiger partial charge in [-0.3, -0.25) is 4.55 Å². The molecule has 1 heterocycles. The lowest BCUT2D eigenvalue weighted by Gasteiger charge is -2.19. The second-order valence-corrected chi connectivity index (χ2v) is 4.55. The summed E-state index contributed by atoms with van der Waals surface area (Å²) in [5.41, 5.74) is -5.49. The van der Waals surface area contributed by atoms with Crippen molar-refractivity contribution in [2.75, 3.05) is 7.05 Å². The van der Waals surface area contributed by atoms with Crippen LogP contribution in [0.4, 0.5) is 13.2 Å². The smallest absolute Gasteiger partial charge is 0.361 e. The summed E-state index contributed by atoms with van der Waals surface area (Å²) in [6, 6.07) is 0. The quantitative estimate of drug-likeness (QED) is 0.319. The molecule has 0 spiro atoms. The average molecular weight is 280 g/mol. The van der Waals surface area contributed by atoms with E-state index in [1.807, 2.05) is 36.4 Å². The summed E-state index contributed by atoms with van der Waals surface area (Å²) in [6.07, 6.45) is 7.77. The van der Waals surface area contributed by atoms with Crippen molar-refractivity contribution < 1.29 is 26.1 Å². The van der Waals surface area contributed by atoms with Crippen molar-refractivity contribution in [1.29, 1.82) is 0 Å². The normalized spacial score (nSPS) is 20.4. The number of rotatable bonds is 0. The lowest BCUT2D eigenvalue weighted by Crippen LogP contribution is -2.21. The number of allylic oxidation sites excluding steroid dienone is 2. The van der Waals surface area contributed by atoms with Gasteiger partial charge in [0.05, 0.1) is 0 Å². The van der Waals surface area contributed by atoms with E-state index in [-0.39, 0.29) is 5.50 Å². The Hall–Kier alpha value is -0.730. The van der Waals surface area contributed by atoms with Gasteiger partial charge in [0.25, 0.3) is 0 Å². The van der Waals surface area contributed by atoms with Crippen LogP contribution in [0.2, 0.25) is 0 Å². The Morgan fingerprint density at radius 2 is 1.81 bits per heavy atom. The van der Waals surface area contributed by atoms with Crippen molar-refractivity contribution in [2.45, 2.75) is 11.0 Å². The monoisotopic (exact) mass is 279 g/mol. The topological polar surface area (TPSA) is 57.6 Å². The van der Waals surface area contributed by atoms with Gasteiger partial charge in [-0.1, -0.05) is 17.7 Å². The fourth-order valence-electron chi connectivity index (χ4n) is 0.559. The molecule has 0 radical (unpaired) electrons. The van der Waals surface area contributed by atoms with E-state index in [1.54, 1.807) is 0 Å². The van der Waals surface area contributed by atoms with Crippen LogP contribution in [0.15, 0.2) is 24.4 Å². The van der Waals surface area contributed by atoms with Gasteiger partial charge in [0, 0.05) is 13.2 Å². The van der Waals surface area contributed by atoms with E-state index in [9.17, 15) is 13.2 Å². The lowest BCUT2D eigenvalue weighted by molar-refractivity contribution is -0.0510. The molecule has 94 valence electrons. The highest BCUT2D eigenvalue weighted by atomic mass is 35.5. The molecule has 0 amide bonds.